The Morgan fingerprint density at radius 3 is 2.73 bits per heavy atom. The number of primary amides is 1. The van der Waals surface area contributed by atoms with Crippen LogP contribution in [0.25, 0.3) is 16.2 Å². The molecule has 0 bridgehead atoms. The van der Waals surface area contributed by atoms with Gasteiger partial charge >= 0.3 is 0 Å². The van der Waals surface area contributed by atoms with Crippen molar-refractivity contribution in [2.24, 2.45) is 5.73 Å². The highest BCUT2D eigenvalue weighted by atomic mass is 35.5. The van der Waals surface area contributed by atoms with Gasteiger partial charge in [0.05, 0.1) is 22.5 Å². The Labute approximate surface area is 200 Å². The summed E-state index contributed by atoms with van der Waals surface area (Å²) in [4.78, 5) is 17.5. The number of pyridine rings is 1. The van der Waals surface area contributed by atoms with E-state index in [0.717, 1.165) is 5.56 Å². The number of thiophene rings is 1. The van der Waals surface area contributed by atoms with Crippen molar-refractivity contribution in [3.05, 3.63) is 75.9 Å². The third-order valence-electron chi connectivity index (χ3n) is 5.21. The normalized spacial score (nSPS) is 12.7. The molecule has 4 rings (SSSR count). The number of imidazole rings is 1. The summed E-state index contributed by atoms with van der Waals surface area (Å²) in [6.45, 7) is 3.47. The predicted molar refractivity (Wildman–Crippen MR) is 131 cm³/mol. The molecule has 3 aromatic heterocycles. The largest absolute Gasteiger partial charge is 0.484 e. The van der Waals surface area contributed by atoms with Gasteiger partial charge in [-0.1, -0.05) is 42.8 Å². The van der Waals surface area contributed by atoms with E-state index in [0.29, 0.717) is 32.6 Å². The van der Waals surface area contributed by atoms with Gasteiger partial charge in [-0.25, -0.2) is 13.4 Å². The maximum Gasteiger partial charge on any atom is 0.262 e. The SMILES string of the molecule is CCS(=O)(=O)Cc1ccc2ncc(-c3cc(O[C@H](C)c4ccccc4Cl)c(C(N)=O)s3)n2c1. The van der Waals surface area contributed by atoms with Gasteiger partial charge in [0.25, 0.3) is 5.91 Å². The van der Waals surface area contributed by atoms with E-state index < -0.39 is 21.8 Å². The average molecular weight is 504 g/mol. The van der Waals surface area contributed by atoms with Crippen molar-refractivity contribution >= 4 is 44.3 Å². The Kier molecular flexibility index (Phi) is 6.47. The molecule has 0 unspecified atom stereocenters. The number of rotatable bonds is 8. The van der Waals surface area contributed by atoms with Crippen LogP contribution in [-0.4, -0.2) is 29.5 Å². The minimum Gasteiger partial charge on any atom is -0.484 e. The average Bonchev–Trinajstić information content (AvgIpc) is 3.37. The fraction of sp³-hybridized carbons (Fsp3) is 0.217. The van der Waals surface area contributed by atoms with E-state index in [1.54, 1.807) is 48.0 Å². The van der Waals surface area contributed by atoms with Crippen LogP contribution in [0.3, 0.4) is 0 Å². The molecule has 0 aliphatic carbocycles. The minimum absolute atomic E-state index is 0.0578. The molecule has 0 saturated carbocycles. The van der Waals surface area contributed by atoms with Crippen LogP contribution in [0.5, 0.6) is 5.75 Å². The number of ether oxygens (including phenoxy) is 1. The number of halogens is 1. The highest BCUT2D eigenvalue weighted by Crippen LogP contribution is 2.39. The third kappa shape index (κ3) is 4.90. The maximum atomic E-state index is 12.1. The van der Waals surface area contributed by atoms with Crippen LogP contribution in [0, 0.1) is 0 Å². The number of nitrogens with two attached hydrogens (primary N) is 1. The van der Waals surface area contributed by atoms with E-state index in [-0.39, 0.29) is 16.4 Å². The lowest BCUT2D eigenvalue weighted by atomic mass is 10.1. The second-order valence-corrected chi connectivity index (χ2v) is 11.3. The predicted octanol–water partition coefficient (Wildman–Crippen LogP) is 4.89. The summed E-state index contributed by atoms with van der Waals surface area (Å²) in [6.07, 6.45) is 3.01. The Bertz CT molecular complexity index is 1440. The molecule has 1 aromatic carbocycles. The van der Waals surface area contributed by atoms with Crippen molar-refractivity contribution in [2.45, 2.75) is 25.7 Å². The maximum absolute atomic E-state index is 12.1. The van der Waals surface area contributed by atoms with E-state index >= 15 is 0 Å². The number of nitrogens with zero attached hydrogens (tertiary/aromatic N) is 2. The van der Waals surface area contributed by atoms with Gasteiger partial charge in [0, 0.05) is 28.6 Å². The van der Waals surface area contributed by atoms with Crippen molar-refractivity contribution in [3.8, 4) is 16.3 Å². The number of carbonyl (C=O) groups is 1. The molecule has 7 nitrogen and oxygen atoms in total. The molecule has 10 heteroatoms. The summed E-state index contributed by atoms with van der Waals surface area (Å²) in [5, 5.41) is 0.567. The summed E-state index contributed by atoms with van der Waals surface area (Å²) in [5.74, 6) is -0.234. The number of fused-ring (bicyclic) bond motifs is 1. The standard InChI is InChI=1S/C23H22ClN3O4S2/c1-3-33(29,30)13-15-8-9-21-26-11-18(27(21)12-15)20-10-19(22(32-20)23(25)28)31-14(2)16-6-4-5-7-17(16)24/h4-12,14H,3,13H2,1-2H3,(H2,25,28)/t14-/m1/s1. The molecule has 1 amide bonds. The van der Waals surface area contributed by atoms with Crippen LogP contribution < -0.4 is 10.5 Å². The fourth-order valence-corrected chi connectivity index (χ4v) is 5.59. The fourth-order valence-electron chi connectivity index (χ4n) is 3.47. The molecule has 0 spiro atoms. The molecule has 0 radical (unpaired) electrons. The highest BCUT2D eigenvalue weighted by molar-refractivity contribution is 7.90. The quantitative estimate of drug-likeness (QED) is 0.368. The molecular formula is C23H22ClN3O4S2. The molecule has 172 valence electrons. The van der Waals surface area contributed by atoms with E-state index in [4.69, 9.17) is 22.1 Å². The smallest absolute Gasteiger partial charge is 0.262 e. The lowest BCUT2D eigenvalue weighted by Crippen LogP contribution is -2.12. The number of amides is 1. The second-order valence-electron chi connectivity index (χ2n) is 7.54. The first-order valence-electron chi connectivity index (χ1n) is 10.2. The first-order valence-corrected chi connectivity index (χ1v) is 13.2. The van der Waals surface area contributed by atoms with Gasteiger partial charge in [0.15, 0.2) is 9.84 Å². The van der Waals surface area contributed by atoms with Gasteiger partial charge in [-0.3, -0.25) is 9.20 Å². The molecular weight excluding hydrogens is 482 g/mol. The molecule has 0 aliphatic rings. The second kappa shape index (κ2) is 9.17. The summed E-state index contributed by atoms with van der Waals surface area (Å²) in [7, 11) is -3.18. The zero-order valence-corrected chi connectivity index (χ0v) is 20.4. The van der Waals surface area contributed by atoms with E-state index in [1.807, 2.05) is 25.1 Å². The van der Waals surface area contributed by atoms with Crippen molar-refractivity contribution < 1.29 is 17.9 Å². The van der Waals surface area contributed by atoms with E-state index in [1.165, 1.54) is 11.3 Å². The molecule has 0 fully saturated rings. The van der Waals surface area contributed by atoms with Gasteiger partial charge in [-0.05, 0) is 24.6 Å². The highest BCUT2D eigenvalue weighted by Gasteiger charge is 2.21. The number of sulfone groups is 1. The lowest BCUT2D eigenvalue weighted by Gasteiger charge is -2.16. The molecule has 33 heavy (non-hydrogen) atoms. The van der Waals surface area contributed by atoms with Crippen LogP contribution in [0.2, 0.25) is 5.02 Å². The van der Waals surface area contributed by atoms with Crippen molar-refractivity contribution in [2.75, 3.05) is 5.75 Å². The van der Waals surface area contributed by atoms with Crippen LogP contribution in [0.15, 0.2) is 54.9 Å². The van der Waals surface area contributed by atoms with Gasteiger partial charge in [0.2, 0.25) is 0 Å². The van der Waals surface area contributed by atoms with Crippen LogP contribution in [0.4, 0.5) is 0 Å². The number of hydrogen-bond donors (Lipinski definition) is 1. The number of aromatic nitrogens is 2. The Hall–Kier alpha value is -2.88. The molecule has 1 atom stereocenters. The zero-order chi connectivity index (χ0) is 23.8. The Morgan fingerprint density at radius 2 is 2.03 bits per heavy atom. The van der Waals surface area contributed by atoms with Crippen molar-refractivity contribution in [1.29, 1.82) is 0 Å². The van der Waals surface area contributed by atoms with Gasteiger partial charge in [0.1, 0.15) is 22.4 Å². The van der Waals surface area contributed by atoms with Crippen LogP contribution in [0.1, 0.15) is 40.8 Å². The van der Waals surface area contributed by atoms with Crippen molar-refractivity contribution in [3.63, 3.8) is 0 Å². The Balaban J connectivity index is 1.72. The van der Waals surface area contributed by atoms with Gasteiger partial charge in [-0.2, -0.15) is 0 Å². The number of benzene rings is 1. The third-order valence-corrected chi connectivity index (χ3v) is 8.36. The summed E-state index contributed by atoms with van der Waals surface area (Å²) in [5.41, 5.74) is 8.42. The van der Waals surface area contributed by atoms with E-state index in [9.17, 15) is 13.2 Å². The monoisotopic (exact) mass is 503 g/mol. The minimum atomic E-state index is -3.18. The van der Waals surface area contributed by atoms with Crippen LogP contribution in [-0.2, 0) is 15.6 Å². The number of hydrogen-bond acceptors (Lipinski definition) is 6. The molecule has 0 aliphatic heterocycles. The lowest BCUT2D eigenvalue weighted by molar-refractivity contribution is 0.0998. The Morgan fingerprint density at radius 1 is 1.27 bits per heavy atom. The topological polar surface area (TPSA) is 104 Å². The molecule has 4 aromatic rings. The number of carbonyl (C=O) groups excluding carboxylic acids is 1. The molecule has 3 heterocycles. The van der Waals surface area contributed by atoms with E-state index in [2.05, 4.69) is 4.98 Å². The zero-order valence-electron chi connectivity index (χ0n) is 18.0. The summed E-state index contributed by atoms with van der Waals surface area (Å²) >= 11 is 7.48. The molecule has 0 saturated heterocycles. The van der Waals surface area contributed by atoms with Crippen molar-refractivity contribution in [1.82, 2.24) is 9.38 Å². The molecule has 2 N–H and O–H groups in total. The summed E-state index contributed by atoms with van der Waals surface area (Å²) < 4.78 is 32.0. The van der Waals surface area contributed by atoms with Gasteiger partial charge in [-0.15, -0.1) is 11.3 Å². The van der Waals surface area contributed by atoms with Crippen LogP contribution >= 0.6 is 22.9 Å². The first kappa shape index (κ1) is 23.3. The summed E-state index contributed by atoms with van der Waals surface area (Å²) in [6, 6.07) is 12.6. The first-order chi connectivity index (χ1) is 15.7. The van der Waals surface area contributed by atoms with Gasteiger partial charge < -0.3 is 10.5 Å².